The van der Waals surface area contributed by atoms with Crippen LogP contribution in [0, 0.1) is 45.6 Å². The zero-order valence-electron chi connectivity index (χ0n) is 23.4. The molecule has 0 spiro atoms. The van der Waals surface area contributed by atoms with Gasteiger partial charge >= 0.3 is 5.97 Å². The number of ketones is 1. The zero-order valence-corrected chi connectivity index (χ0v) is 24.2. The molecule has 1 heterocycles. The number of nitro benzene ring substituents is 1. The summed E-state index contributed by atoms with van der Waals surface area (Å²) >= 11 is 6.01. The number of Topliss-reactive ketones (excluding diaryl/α,β-unsaturated/α-hetero) is 1. The summed E-state index contributed by atoms with van der Waals surface area (Å²) in [7, 11) is 0. The van der Waals surface area contributed by atoms with Crippen LogP contribution in [0.2, 0.25) is 5.02 Å². The molecule has 1 saturated heterocycles. The van der Waals surface area contributed by atoms with Gasteiger partial charge in [0.2, 0.25) is 0 Å². The standard InChI is InChI=1S/C33H24ClN3O8/c34-20-7-1-18(2-8-20)30(39)35(36-31(40)28-23-13-14-24(26-15-25(23)26)29(28)32(36)41)16-27(38)17-5-11-22(12-6-17)45-33(42)19-3-9-21(10-4-19)37(43)44/h1-14,23-26,28-29H,15-16H2/t23-,24-,25-,26-,28-,29+/m0/s1. The van der Waals surface area contributed by atoms with Gasteiger partial charge in [0.25, 0.3) is 23.4 Å². The molecule has 226 valence electrons. The first-order chi connectivity index (χ1) is 21.6. The van der Waals surface area contributed by atoms with E-state index < -0.39 is 52.8 Å². The average Bonchev–Trinajstić information content (AvgIpc) is 3.83. The minimum atomic E-state index is -0.752. The van der Waals surface area contributed by atoms with Crippen molar-refractivity contribution < 1.29 is 33.6 Å². The summed E-state index contributed by atoms with van der Waals surface area (Å²) in [6.07, 6.45) is 5.05. The molecule has 12 heteroatoms. The van der Waals surface area contributed by atoms with Crippen LogP contribution in [0.1, 0.15) is 37.5 Å². The molecule has 3 aromatic rings. The van der Waals surface area contributed by atoms with Crippen LogP contribution in [0.25, 0.3) is 0 Å². The summed E-state index contributed by atoms with van der Waals surface area (Å²) in [5.74, 6) is -3.33. The number of allylic oxidation sites excluding steroid dienone is 2. The molecule has 4 aliphatic carbocycles. The van der Waals surface area contributed by atoms with Crippen molar-refractivity contribution in [2.24, 2.45) is 35.5 Å². The Morgan fingerprint density at radius 2 is 1.36 bits per heavy atom. The predicted molar refractivity (Wildman–Crippen MR) is 158 cm³/mol. The maximum atomic E-state index is 13.8. The number of amides is 3. The lowest BCUT2D eigenvalue weighted by Crippen LogP contribution is -2.52. The second-order valence-electron chi connectivity index (χ2n) is 11.7. The maximum absolute atomic E-state index is 13.8. The van der Waals surface area contributed by atoms with Gasteiger partial charge in [-0.25, -0.2) is 9.80 Å². The number of imide groups is 1. The summed E-state index contributed by atoms with van der Waals surface area (Å²) in [6, 6.07) is 16.4. The molecule has 8 rings (SSSR count). The lowest BCUT2D eigenvalue weighted by molar-refractivity contribution is -0.384. The van der Waals surface area contributed by atoms with Crippen molar-refractivity contribution in [2.75, 3.05) is 6.54 Å². The van der Waals surface area contributed by atoms with Gasteiger partial charge < -0.3 is 4.74 Å². The summed E-state index contributed by atoms with van der Waals surface area (Å²) in [5.41, 5.74) is 0.229. The first-order valence-electron chi connectivity index (χ1n) is 14.4. The van der Waals surface area contributed by atoms with Crippen LogP contribution in [0.15, 0.2) is 84.9 Å². The number of nitro groups is 1. The van der Waals surface area contributed by atoms with E-state index in [2.05, 4.69) is 0 Å². The Labute approximate surface area is 261 Å². The number of rotatable bonds is 8. The van der Waals surface area contributed by atoms with Crippen molar-refractivity contribution in [3.8, 4) is 5.75 Å². The van der Waals surface area contributed by atoms with E-state index >= 15 is 0 Å². The molecular formula is C33H24ClN3O8. The van der Waals surface area contributed by atoms with Gasteiger partial charge in [-0.3, -0.25) is 29.3 Å². The Kier molecular flexibility index (Phi) is 6.85. The number of hydrogen-bond acceptors (Lipinski definition) is 8. The number of hydrazine groups is 1. The Hall–Kier alpha value is -5.16. The van der Waals surface area contributed by atoms with Gasteiger partial charge in [-0.1, -0.05) is 23.8 Å². The molecule has 0 aromatic heterocycles. The fourth-order valence-corrected chi connectivity index (χ4v) is 7.10. The summed E-state index contributed by atoms with van der Waals surface area (Å²) in [6.45, 7) is -0.587. The van der Waals surface area contributed by atoms with E-state index in [4.69, 9.17) is 16.3 Å². The third-order valence-electron chi connectivity index (χ3n) is 9.20. The fourth-order valence-electron chi connectivity index (χ4n) is 6.98. The smallest absolute Gasteiger partial charge is 0.343 e. The highest BCUT2D eigenvalue weighted by Gasteiger charge is 2.68. The fraction of sp³-hybridized carbons (Fsp3) is 0.242. The van der Waals surface area contributed by atoms with Crippen LogP contribution in [0.4, 0.5) is 5.69 Å². The molecule has 45 heavy (non-hydrogen) atoms. The van der Waals surface area contributed by atoms with Gasteiger partial charge in [0.05, 0.1) is 22.3 Å². The van der Waals surface area contributed by atoms with Crippen molar-refractivity contribution in [1.82, 2.24) is 10.0 Å². The van der Waals surface area contributed by atoms with E-state index in [1.165, 1.54) is 72.8 Å². The average molecular weight is 626 g/mol. The number of nitrogens with zero attached hydrogens (tertiary/aromatic N) is 3. The van der Waals surface area contributed by atoms with E-state index in [0.717, 1.165) is 16.4 Å². The highest BCUT2D eigenvalue weighted by atomic mass is 35.5. The third kappa shape index (κ3) is 4.89. The SMILES string of the molecule is O=C(CN(C(=O)c1ccc(Cl)cc1)N1C(=O)[C@@H]2[C@H]3C=C[C@@H]([C@@H]4C[C@@H]34)[C@@H]2C1=O)c1ccc(OC(=O)c2ccc([N+](=O)[O-])cc2)cc1. The minimum absolute atomic E-state index is 0.0594. The highest BCUT2D eigenvalue weighted by molar-refractivity contribution is 6.30. The lowest BCUT2D eigenvalue weighted by Gasteiger charge is -2.37. The molecule has 2 bridgehead atoms. The van der Waals surface area contributed by atoms with Gasteiger partial charge in [0, 0.05) is 28.3 Å². The third-order valence-corrected chi connectivity index (χ3v) is 9.45. The molecule has 5 aliphatic rings. The van der Waals surface area contributed by atoms with Crippen molar-refractivity contribution in [3.63, 3.8) is 0 Å². The first kappa shape index (κ1) is 28.6. The lowest BCUT2D eigenvalue weighted by atomic mass is 9.63. The van der Waals surface area contributed by atoms with E-state index in [1.54, 1.807) is 0 Å². The van der Waals surface area contributed by atoms with E-state index in [1.807, 2.05) is 12.2 Å². The molecule has 0 radical (unpaired) electrons. The number of ether oxygens (including phenoxy) is 1. The molecule has 11 nitrogen and oxygen atoms in total. The van der Waals surface area contributed by atoms with Crippen LogP contribution in [0.3, 0.4) is 0 Å². The molecule has 3 amide bonds. The molecule has 2 saturated carbocycles. The topological polar surface area (TPSA) is 144 Å². The van der Waals surface area contributed by atoms with Gasteiger partial charge in [0.15, 0.2) is 5.78 Å². The predicted octanol–water partition coefficient (Wildman–Crippen LogP) is 4.76. The zero-order chi connectivity index (χ0) is 31.6. The summed E-state index contributed by atoms with van der Waals surface area (Å²) in [5, 5.41) is 13.1. The number of hydrogen-bond donors (Lipinski definition) is 0. The Morgan fingerprint density at radius 3 is 1.91 bits per heavy atom. The van der Waals surface area contributed by atoms with E-state index in [-0.39, 0.29) is 40.0 Å². The van der Waals surface area contributed by atoms with Crippen molar-refractivity contribution >= 4 is 46.8 Å². The molecule has 3 aromatic carbocycles. The highest BCUT2D eigenvalue weighted by Crippen LogP contribution is 2.65. The van der Waals surface area contributed by atoms with Crippen molar-refractivity contribution in [2.45, 2.75) is 6.42 Å². The maximum Gasteiger partial charge on any atom is 0.343 e. The molecular weight excluding hydrogens is 602 g/mol. The Morgan fingerprint density at radius 1 is 0.822 bits per heavy atom. The van der Waals surface area contributed by atoms with Gasteiger partial charge in [-0.05, 0) is 90.8 Å². The van der Waals surface area contributed by atoms with Crippen LogP contribution in [0.5, 0.6) is 5.75 Å². The first-order valence-corrected chi connectivity index (χ1v) is 14.7. The second kappa shape index (κ2) is 10.8. The van der Waals surface area contributed by atoms with Crippen molar-refractivity contribution in [3.05, 3.63) is 117 Å². The minimum Gasteiger partial charge on any atom is -0.423 e. The monoisotopic (exact) mass is 625 g/mol. The number of benzene rings is 3. The molecule has 1 aliphatic heterocycles. The molecule has 3 fully saturated rings. The summed E-state index contributed by atoms with van der Waals surface area (Å²) < 4.78 is 5.33. The van der Waals surface area contributed by atoms with Crippen LogP contribution in [-0.2, 0) is 9.59 Å². The van der Waals surface area contributed by atoms with Crippen LogP contribution < -0.4 is 4.74 Å². The Balaban J connectivity index is 1.11. The van der Waals surface area contributed by atoms with Gasteiger partial charge in [-0.15, -0.1) is 0 Å². The number of esters is 1. The van der Waals surface area contributed by atoms with E-state index in [0.29, 0.717) is 16.9 Å². The summed E-state index contributed by atoms with van der Waals surface area (Å²) in [4.78, 5) is 77.8. The molecule has 0 unspecified atom stereocenters. The van der Waals surface area contributed by atoms with Gasteiger partial charge in [-0.2, -0.15) is 5.01 Å². The second-order valence-corrected chi connectivity index (χ2v) is 12.1. The van der Waals surface area contributed by atoms with Crippen molar-refractivity contribution in [1.29, 1.82) is 0 Å². The number of carbonyl (C=O) groups is 5. The van der Waals surface area contributed by atoms with Crippen LogP contribution >= 0.6 is 11.6 Å². The molecule has 0 N–H and O–H groups in total. The number of carbonyl (C=O) groups excluding carboxylic acids is 5. The van der Waals surface area contributed by atoms with E-state index in [9.17, 15) is 34.1 Å². The van der Waals surface area contributed by atoms with Crippen LogP contribution in [-0.4, -0.2) is 51.0 Å². The Bertz CT molecular complexity index is 1770. The molecule has 6 atom stereocenters. The van der Waals surface area contributed by atoms with Gasteiger partial charge in [0.1, 0.15) is 12.3 Å². The largest absolute Gasteiger partial charge is 0.423 e. The number of non-ortho nitro benzene ring substituents is 1. The quantitative estimate of drug-likeness (QED) is 0.0663. The normalized spacial score (nSPS) is 25.4. The number of halogens is 1.